The van der Waals surface area contributed by atoms with E-state index >= 15 is 0 Å². The monoisotopic (exact) mass is 752 g/mol. The lowest BCUT2D eigenvalue weighted by atomic mass is 9.55. The molecule has 0 saturated carbocycles. The lowest BCUT2D eigenvalue weighted by Crippen LogP contribution is -2.66. The highest BCUT2D eigenvalue weighted by Crippen LogP contribution is 2.53. The molecule has 0 bridgehead atoms. The van der Waals surface area contributed by atoms with Crippen LogP contribution >= 0.6 is 0 Å². The zero-order valence-electron chi connectivity index (χ0n) is 30.8. The van der Waals surface area contributed by atoms with Crippen LogP contribution in [0.4, 0.5) is 11.4 Å². The summed E-state index contributed by atoms with van der Waals surface area (Å²) in [5, 5.41) is 37.6. The molecule has 5 aromatic carbocycles. The minimum absolute atomic E-state index is 0.0911. The van der Waals surface area contributed by atoms with Crippen molar-refractivity contribution in [2.75, 3.05) is 11.5 Å². The lowest BCUT2D eigenvalue weighted by molar-refractivity contribution is -0.384. The summed E-state index contributed by atoms with van der Waals surface area (Å²) in [6.07, 6.45) is -0.258. The molecule has 0 unspecified atom stereocenters. The highest BCUT2D eigenvalue weighted by atomic mass is 28.4. The molecule has 8 rings (SSSR count). The van der Waals surface area contributed by atoms with Gasteiger partial charge in [-0.1, -0.05) is 118 Å². The molecule has 2 amide bonds. The van der Waals surface area contributed by atoms with E-state index in [0.29, 0.717) is 16.4 Å². The Hall–Kier alpha value is -5.40. The Labute approximate surface area is 320 Å². The summed E-state index contributed by atoms with van der Waals surface area (Å²) in [7, 11) is -4.48. The maximum Gasteiger partial charge on any atom is 0.487 e. The Balaban J connectivity index is 1.25. The number of phenols is 1. The average molecular weight is 753 g/mol. The fourth-order valence-electron chi connectivity index (χ4n) is 9.29. The van der Waals surface area contributed by atoms with Gasteiger partial charge in [-0.3, -0.25) is 19.7 Å². The number of amides is 2. The maximum atomic E-state index is 14.6. The second-order valence-electron chi connectivity index (χ2n) is 15.7. The van der Waals surface area contributed by atoms with E-state index in [2.05, 4.69) is 45.0 Å². The number of nitro groups is 1. The molecule has 278 valence electrons. The molecule has 0 radical (unpaired) electrons. The standard InChI is InChI=1S/C43H41BN2O8Si/c1-43(2,3)55(30-15-6-4-7-16-30,31-17-8-5-9-18-31)53-26-27-23-36-39(42(49)45(41(36)48)28-13-12-14-29(24-28)46(51)52)35-25-38(54-44(50)40(27)35)34-21-22-37(47)33-20-11-10-19-32(33)34/h4-22,24,35-36,38-39,47,50H,23,25-26H2,1-3H3/t35-,36-,38-,39+/m0/s1. The molecule has 10 nitrogen and oxygen atoms in total. The molecule has 12 heteroatoms. The number of nitro benzene ring substituents is 1. The molecule has 0 aromatic heterocycles. The van der Waals surface area contributed by atoms with Crippen LogP contribution in [0.1, 0.15) is 45.3 Å². The number of carbonyl (C=O) groups excluding carboxylic acids is 2. The largest absolute Gasteiger partial charge is 0.507 e. The van der Waals surface area contributed by atoms with Crippen LogP contribution in [0.3, 0.4) is 0 Å². The first kappa shape index (κ1) is 36.6. The topological polar surface area (TPSA) is 139 Å². The van der Waals surface area contributed by atoms with Crippen LogP contribution in [-0.4, -0.2) is 48.9 Å². The third-order valence-electron chi connectivity index (χ3n) is 11.7. The van der Waals surface area contributed by atoms with Crippen molar-refractivity contribution in [1.82, 2.24) is 0 Å². The van der Waals surface area contributed by atoms with E-state index in [0.717, 1.165) is 26.2 Å². The summed E-state index contributed by atoms with van der Waals surface area (Å²) in [5.74, 6) is -3.04. The Morgan fingerprint density at radius 1 is 0.855 bits per heavy atom. The van der Waals surface area contributed by atoms with E-state index in [-0.39, 0.29) is 41.6 Å². The molecule has 2 fully saturated rings. The highest BCUT2D eigenvalue weighted by Gasteiger charge is 2.59. The highest BCUT2D eigenvalue weighted by molar-refractivity contribution is 6.99. The number of aromatic hydroxyl groups is 1. The van der Waals surface area contributed by atoms with E-state index in [1.54, 1.807) is 12.1 Å². The van der Waals surface area contributed by atoms with Crippen molar-refractivity contribution in [3.8, 4) is 5.75 Å². The van der Waals surface area contributed by atoms with Gasteiger partial charge in [0.2, 0.25) is 11.8 Å². The molecule has 2 N–H and O–H groups in total. The van der Waals surface area contributed by atoms with Gasteiger partial charge in [-0.05, 0) is 68.3 Å². The number of anilines is 1. The summed E-state index contributed by atoms with van der Waals surface area (Å²) < 4.78 is 13.8. The molecule has 5 aromatic rings. The van der Waals surface area contributed by atoms with Gasteiger partial charge in [-0.25, -0.2) is 4.90 Å². The molecule has 1 aliphatic carbocycles. The van der Waals surface area contributed by atoms with Gasteiger partial charge in [0.15, 0.2) is 0 Å². The molecule has 4 atom stereocenters. The summed E-state index contributed by atoms with van der Waals surface area (Å²) in [4.78, 5) is 41.2. The number of hydrogen-bond donors (Lipinski definition) is 2. The Kier molecular flexibility index (Phi) is 9.33. The Morgan fingerprint density at radius 2 is 1.49 bits per heavy atom. The van der Waals surface area contributed by atoms with Gasteiger partial charge in [0.25, 0.3) is 14.0 Å². The molecule has 2 heterocycles. The first-order valence-corrected chi connectivity index (χ1v) is 20.4. The molecular formula is C43H41BN2O8Si. The number of benzene rings is 5. The molecule has 0 spiro atoms. The Bertz CT molecular complexity index is 2310. The number of fused-ring (bicyclic) bond motifs is 4. The smallest absolute Gasteiger partial charge is 0.487 e. The zero-order valence-corrected chi connectivity index (χ0v) is 31.8. The fourth-order valence-corrected chi connectivity index (χ4v) is 13.8. The molecule has 2 aliphatic heterocycles. The normalized spacial score (nSPS) is 21.5. The predicted molar refractivity (Wildman–Crippen MR) is 213 cm³/mol. The van der Waals surface area contributed by atoms with Crippen molar-refractivity contribution in [1.29, 1.82) is 0 Å². The third kappa shape index (κ3) is 6.09. The van der Waals surface area contributed by atoms with Crippen LogP contribution in [0.5, 0.6) is 5.75 Å². The number of rotatable bonds is 8. The number of nitrogens with zero attached hydrogens (tertiary/aromatic N) is 2. The van der Waals surface area contributed by atoms with E-state index in [1.807, 2.05) is 60.7 Å². The van der Waals surface area contributed by atoms with Crippen molar-refractivity contribution in [3.63, 3.8) is 0 Å². The van der Waals surface area contributed by atoms with Crippen LogP contribution in [0.25, 0.3) is 10.8 Å². The minimum atomic E-state index is -3.07. The van der Waals surface area contributed by atoms with Crippen molar-refractivity contribution < 1.29 is 33.7 Å². The van der Waals surface area contributed by atoms with E-state index in [4.69, 9.17) is 9.08 Å². The average Bonchev–Trinajstić information content (AvgIpc) is 3.44. The van der Waals surface area contributed by atoms with Crippen molar-refractivity contribution in [2.24, 2.45) is 17.8 Å². The molecule has 3 aliphatic rings. The van der Waals surface area contributed by atoms with E-state index < -0.39 is 56.0 Å². The summed E-state index contributed by atoms with van der Waals surface area (Å²) in [5.41, 5.74) is 1.90. The van der Waals surface area contributed by atoms with Crippen LogP contribution in [-0.2, 0) is 18.7 Å². The van der Waals surface area contributed by atoms with Crippen LogP contribution in [0.15, 0.2) is 132 Å². The van der Waals surface area contributed by atoms with Gasteiger partial charge >= 0.3 is 7.12 Å². The summed E-state index contributed by atoms with van der Waals surface area (Å²) >= 11 is 0. The number of phenolic OH excluding ortho intramolecular Hbond substituents is 1. The van der Waals surface area contributed by atoms with Crippen molar-refractivity contribution in [3.05, 3.63) is 148 Å². The van der Waals surface area contributed by atoms with Gasteiger partial charge in [0.1, 0.15) is 5.75 Å². The van der Waals surface area contributed by atoms with Gasteiger partial charge in [0, 0.05) is 17.5 Å². The van der Waals surface area contributed by atoms with Crippen LogP contribution in [0, 0.1) is 27.9 Å². The maximum absolute atomic E-state index is 14.6. The first-order valence-electron chi connectivity index (χ1n) is 18.5. The predicted octanol–water partition coefficient (Wildman–Crippen LogP) is 6.63. The van der Waals surface area contributed by atoms with E-state index in [9.17, 15) is 29.8 Å². The summed E-state index contributed by atoms with van der Waals surface area (Å²) in [6, 6.07) is 36.7. The van der Waals surface area contributed by atoms with Crippen LogP contribution in [0.2, 0.25) is 5.04 Å². The molecule has 55 heavy (non-hydrogen) atoms. The fraction of sp³-hybridized carbons (Fsp3) is 0.256. The zero-order chi connectivity index (χ0) is 38.6. The number of hydrogen-bond acceptors (Lipinski definition) is 8. The van der Waals surface area contributed by atoms with E-state index in [1.165, 1.54) is 24.3 Å². The minimum Gasteiger partial charge on any atom is -0.507 e. The molecule has 2 saturated heterocycles. The Morgan fingerprint density at radius 3 is 2.13 bits per heavy atom. The second-order valence-corrected chi connectivity index (χ2v) is 20.0. The number of non-ortho nitro benzene ring substituents is 1. The van der Waals surface area contributed by atoms with Gasteiger partial charge in [-0.2, -0.15) is 0 Å². The lowest BCUT2D eigenvalue weighted by Gasteiger charge is -2.45. The second kappa shape index (κ2) is 14.0. The number of carbonyl (C=O) groups is 2. The van der Waals surface area contributed by atoms with Crippen LogP contribution < -0.4 is 15.3 Å². The van der Waals surface area contributed by atoms with Crippen molar-refractivity contribution >= 4 is 59.8 Å². The SMILES string of the molecule is CC(C)(C)[Si](OCC1=C2B(O)O[C@H](c3ccc(O)c4ccccc34)C[C@H]2[C@H]2C(=O)N(c3cccc([N+](=O)[O-])c3)C(=O)[C@H]2C1)(c1ccccc1)c1ccccc1. The van der Waals surface area contributed by atoms with Gasteiger partial charge < -0.3 is 19.2 Å². The van der Waals surface area contributed by atoms with Gasteiger partial charge in [0.05, 0.1) is 35.2 Å². The van der Waals surface area contributed by atoms with Gasteiger partial charge in [-0.15, -0.1) is 0 Å². The number of allylic oxidation sites excluding steroid dienone is 1. The first-order chi connectivity index (χ1) is 26.4. The molecular weight excluding hydrogens is 711 g/mol. The van der Waals surface area contributed by atoms with Crippen molar-refractivity contribution in [2.45, 2.75) is 44.8 Å². The quantitative estimate of drug-likeness (QED) is 0.0780. The summed E-state index contributed by atoms with van der Waals surface area (Å²) in [6.45, 7) is 6.63. The third-order valence-corrected chi connectivity index (χ3v) is 16.7. The number of imide groups is 1.